The molecule has 6 atom stereocenters. The Hall–Kier alpha value is -0.790. The molecular formula is C16H26O6S. The van der Waals surface area contributed by atoms with Gasteiger partial charge in [-0.05, 0) is 26.7 Å². The van der Waals surface area contributed by atoms with Crippen LogP contribution in [0.25, 0.3) is 0 Å². The van der Waals surface area contributed by atoms with Crippen molar-refractivity contribution in [2.75, 3.05) is 13.2 Å². The smallest absolute Gasteiger partial charge is 0.318 e. The number of epoxide rings is 2. The fraction of sp³-hybridized carbons (Fsp3) is 0.875. The standard InChI is InChI=1S/C16H26O6S/c1-5-11-13(21-11)7-19-15(17)9(3)23-10(4)16(18)20-8-14-12(6-2)22-14/h9-14H,5-8H2,1-4H3. The fourth-order valence-electron chi connectivity index (χ4n) is 2.35. The molecule has 6 unspecified atom stereocenters. The Morgan fingerprint density at radius 1 is 0.870 bits per heavy atom. The minimum absolute atomic E-state index is 0.0357. The van der Waals surface area contributed by atoms with Gasteiger partial charge in [0.2, 0.25) is 0 Å². The lowest BCUT2D eigenvalue weighted by atomic mass is 10.3. The Morgan fingerprint density at radius 2 is 1.26 bits per heavy atom. The summed E-state index contributed by atoms with van der Waals surface area (Å²) in [5, 5.41) is -0.839. The summed E-state index contributed by atoms with van der Waals surface area (Å²) < 4.78 is 21.1. The van der Waals surface area contributed by atoms with Crippen molar-refractivity contribution in [3.8, 4) is 0 Å². The Bertz CT molecular complexity index is 391. The zero-order valence-electron chi connectivity index (χ0n) is 14.2. The monoisotopic (exact) mass is 346 g/mol. The fourth-order valence-corrected chi connectivity index (χ4v) is 3.32. The molecule has 2 aliphatic heterocycles. The third-order valence-corrected chi connectivity index (χ3v) is 5.23. The Kier molecular flexibility index (Phi) is 6.73. The molecule has 0 N–H and O–H groups in total. The van der Waals surface area contributed by atoms with Crippen LogP contribution < -0.4 is 0 Å². The summed E-state index contributed by atoms with van der Waals surface area (Å²) in [5.74, 6) is -0.645. The van der Waals surface area contributed by atoms with Crippen LogP contribution in [0.15, 0.2) is 0 Å². The Morgan fingerprint density at radius 3 is 1.57 bits per heavy atom. The van der Waals surface area contributed by atoms with Gasteiger partial charge >= 0.3 is 11.9 Å². The van der Waals surface area contributed by atoms with Gasteiger partial charge in [-0.1, -0.05) is 13.8 Å². The lowest BCUT2D eigenvalue weighted by molar-refractivity contribution is -0.143. The summed E-state index contributed by atoms with van der Waals surface area (Å²) in [5.41, 5.74) is 0. The molecule has 2 heterocycles. The SMILES string of the molecule is CCC1OC1COC(=O)C(C)SC(C)C(=O)OCC1OC1CC. The molecule has 7 heteroatoms. The number of hydrogen-bond donors (Lipinski definition) is 0. The second kappa shape index (κ2) is 8.35. The van der Waals surface area contributed by atoms with Crippen LogP contribution in [0.3, 0.4) is 0 Å². The summed E-state index contributed by atoms with van der Waals surface area (Å²) in [6.45, 7) is 8.12. The topological polar surface area (TPSA) is 77.7 Å². The highest BCUT2D eigenvalue weighted by Crippen LogP contribution is 2.27. The van der Waals surface area contributed by atoms with Gasteiger partial charge in [0.25, 0.3) is 0 Å². The normalized spacial score (nSPS) is 31.1. The van der Waals surface area contributed by atoms with Crippen molar-refractivity contribution in [2.24, 2.45) is 0 Å². The van der Waals surface area contributed by atoms with E-state index >= 15 is 0 Å². The Labute approximate surface area is 141 Å². The van der Waals surface area contributed by atoms with Crippen LogP contribution in [0, 0.1) is 0 Å². The number of thioether (sulfide) groups is 1. The molecule has 0 radical (unpaired) electrons. The number of rotatable bonds is 10. The molecule has 0 aromatic heterocycles. The van der Waals surface area contributed by atoms with Crippen molar-refractivity contribution in [3.63, 3.8) is 0 Å². The molecule has 6 nitrogen and oxygen atoms in total. The summed E-state index contributed by atoms with van der Waals surface area (Å²) in [7, 11) is 0. The van der Waals surface area contributed by atoms with Gasteiger partial charge in [-0.15, -0.1) is 11.8 Å². The van der Waals surface area contributed by atoms with Gasteiger partial charge in [-0.3, -0.25) is 9.59 Å². The van der Waals surface area contributed by atoms with Gasteiger partial charge in [-0.25, -0.2) is 0 Å². The zero-order valence-corrected chi connectivity index (χ0v) is 15.0. The third-order valence-electron chi connectivity index (χ3n) is 4.03. The molecule has 2 saturated heterocycles. The summed E-state index contributed by atoms with van der Waals surface area (Å²) in [4.78, 5) is 23.8. The minimum Gasteiger partial charge on any atom is -0.462 e. The molecule has 0 amide bonds. The summed E-state index contributed by atoms with van der Waals surface area (Å²) in [6.07, 6.45) is 2.37. The molecule has 0 spiro atoms. The van der Waals surface area contributed by atoms with E-state index in [9.17, 15) is 9.59 Å². The van der Waals surface area contributed by atoms with Crippen LogP contribution in [0.2, 0.25) is 0 Å². The van der Waals surface area contributed by atoms with Crippen molar-refractivity contribution in [1.29, 1.82) is 0 Å². The van der Waals surface area contributed by atoms with Gasteiger partial charge in [0.1, 0.15) is 35.9 Å². The maximum Gasteiger partial charge on any atom is 0.318 e. The number of hydrogen-bond acceptors (Lipinski definition) is 7. The van der Waals surface area contributed by atoms with Crippen LogP contribution in [-0.2, 0) is 28.5 Å². The van der Waals surface area contributed by atoms with Crippen LogP contribution in [-0.4, -0.2) is 60.1 Å². The van der Waals surface area contributed by atoms with Crippen molar-refractivity contribution in [3.05, 3.63) is 0 Å². The second-order valence-electron chi connectivity index (χ2n) is 5.92. The highest BCUT2D eigenvalue weighted by Gasteiger charge is 2.39. The van der Waals surface area contributed by atoms with E-state index in [1.54, 1.807) is 13.8 Å². The van der Waals surface area contributed by atoms with Crippen LogP contribution >= 0.6 is 11.8 Å². The molecule has 132 valence electrons. The highest BCUT2D eigenvalue weighted by molar-refractivity contribution is 8.01. The molecule has 0 bridgehead atoms. The van der Waals surface area contributed by atoms with E-state index in [4.69, 9.17) is 18.9 Å². The van der Waals surface area contributed by atoms with E-state index in [1.807, 2.05) is 13.8 Å². The predicted molar refractivity (Wildman–Crippen MR) is 86.3 cm³/mol. The molecule has 2 aliphatic rings. The van der Waals surface area contributed by atoms with Gasteiger partial charge in [0.05, 0.1) is 12.2 Å². The van der Waals surface area contributed by atoms with Gasteiger partial charge in [0, 0.05) is 0 Å². The summed E-state index contributed by atoms with van der Waals surface area (Å²) in [6, 6.07) is 0. The largest absolute Gasteiger partial charge is 0.462 e. The van der Waals surface area contributed by atoms with E-state index < -0.39 is 10.5 Å². The van der Waals surface area contributed by atoms with Crippen molar-refractivity contribution < 1.29 is 28.5 Å². The van der Waals surface area contributed by atoms with Crippen LogP contribution in [0.1, 0.15) is 40.5 Å². The molecular weight excluding hydrogens is 320 g/mol. The lowest BCUT2D eigenvalue weighted by Crippen LogP contribution is -2.26. The quantitative estimate of drug-likeness (QED) is 0.442. The number of carbonyl (C=O) groups excluding carboxylic acids is 2. The van der Waals surface area contributed by atoms with E-state index in [2.05, 4.69) is 0 Å². The number of esters is 2. The maximum atomic E-state index is 11.9. The second-order valence-corrected chi connectivity index (χ2v) is 7.61. The van der Waals surface area contributed by atoms with Crippen LogP contribution in [0.5, 0.6) is 0 Å². The van der Waals surface area contributed by atoms with Gasteiger partial charge in [-0.2, -0.15) is 0 Å². The molecule has 2 rings (SSSR count). The van der Waals surface area contributed by atoms with Crippen LogP contribution in [0.4, 0.5) is 0 Å². The van der Waals surface area contributed by atoms with Gasteiger partial charge in [0.15, 0.2) is 0 Å². The lowest BCUT2D eigenvalue weighted by Gasteiger charge is -2.15. The first-order chi connectivity index (χ1) is 11.0. The summed E-state index contributed by atoms with van der Waals surface area (Å²) >= 11 is 1.24. The molecule has 0 aliphatic carbocycles. The molecule has 0 aromatic rings. The average Bonchev–Trinajstić information content (AvgIpc) is 3.44. The predicted octanol–water partition coefficient (Wildman–Crippen LogP) is 1.94. The maximum absolute atomic E-state index is 11.9. The molecule has 0 aromatic carbocycles. The first kappa shape index (κ1) is 18.5. The van der Waals surface area contributed by atoms with E-state index in [-0.39, 0.29) is 36.4 Å². The Balaban J connectivity index is 1.60. The van der Waals surface area contributed by atoms with E-state index in [0.717, 1.165) is 12.8 Å². The first-order valence-corrected chi connectivity index (χ1v) is 9.20. The zero-order chi connectivity index (χ0) is 17.0. The number of ether oxygens (including phenoxy) is 4. The van der Waals surface area contributed by atoms with Crippen molar-refractivity contribution >= 4 is 23.7 Å². The number of carbonyl (C=O) groups is 2. The molecule has 2 fully saturated rings. The van der Waals surface area contributed by atoms with E-state index in [1.165, 1.54) is 11.8 Å². The highest BCUT2D eigenvalue weighted by atomic mass is 32.2. The van der Waals surface area contributed by atoms with Gasteiger partial charge < -0.3 is 18.9 Å². The average molecular weight is 346 g/mol. The van der Waals surface area contributed by atoms with Crippen molar-refractivity contribution in [2.45, 2.75) is 75.5 Å². The molecule has 23 heavy (non-hydrogen) atoms. The van der Waals surface area contributed by atoms with E-state index in [0.29, 0.717) is 13.2 Å². The third kappa shape index (κ3) is 5.65. The van der Waals surface area contributed by atoms with Crippen molar-refractivity contribution in [1.82, 2.24) is 0 Å². The first-order valence-electron chi connectivity index (χ1n) is 8.25. The minimum atomic E-state index is -0.419. The molecule has 0 saturated carbocycles.